The second-order valence-electron chi connectivity index (χ2n) is 5.17. The highest BCUT2D eigenvalue weighted by atomic mass is 32.2. The van der Waals surface area contributed by atoms with Crippen molar-refractivity contribution in [3.05, 3.63) is 24.3 Å². The van der Waals surface area contributed by atoms with Crippen molar-refractivity contribution in [2.45, 2.75) is 37.2 Å². The zero-order valence-corrected chi connectivity index (χ0v) is 13.1. The van der Waals surface area contributed by atoms with Gasteiger partial charge in [0.05, 0.1) is 11.0 Å². The number of hydrogen-bond acceptors (Lipinski definition) is 5. The molecule has 6 nitrogen and oxygen atoms in total. The van der Waals surface area contributed by atoms with E-state index >= 15 is 0 Å². The molecule has 0 bridgehead atoms. The maximum Gasteiger partial charge on any atom is 0.243 e. The van der Waals surface area contributed by atoms with E-state index in [0.717, 1.165) is 19.3 Å². The van der Waals surface area contributed by atoms with Crippen LogP contribution in [0.1, 0.15) is 26.2 Å². The number of anilines is 1. The van der Waals surface area contributed by atoms with Crippen molar-refractivity contribution in [3.63, 3.8) is 0 Å². The molecular weight excluding hydrogens is 290 g/mol. The molecule has 1 aromatic rings. The summed E-state index contributed by atoms with van der Waals surface area (Å²) in [5, 5.41) is 0. The van der Waals surface area contributed by atoms with Gasteiger partial charge in [0.2, 0.25) is 10.0 Å². The van der Waals surface area contributed by atoms with E-state index < -0.39 is 10.0 Å². The van der Waals surface area contributed by atoms with E-state index in [4.69, 9.17) is 10.6 Å². The third kappa shape index (κ3) is 3.94. The van der Waals surface area contributed by atoms with Gasteiger partial charge in [-0.05, 0) is 43.5 Å². The van der Waals surface area contributed by atoms with Crippen molar-refractivity contribution in [1.29, 1.82) is 0 Å². The number of nitrogen functional groups attached to an aromatic ring is 1. The van der Waals surface area contributed by atoms with Crippen LogP contribution < -0.4 is 11.3 Å². The first-order valence-electron chi connectivity index (χ1n) is 7.26. The monoisotopic (exact) mass is 313 g/mol. The van der Waals surface area contributed by atoms with Gasteiger partial charge in [-0.1, -0.05) is 6.92 Å². The van der Waals surface area contributed by atoms with E-state index in [1.807, 2.05) is 6.92 Å². The summed E-state index contributed by atoms with van der Waals surface area (Å²) in [4.78, 5) is 0.289. The van der Waals surface area contributed by atoms with Crippen LogP contribution in [0, 0.1) is 0 Å². The minimum atomic E-state index is -3.46. The summed E-state index contributed by atoms with van der Waals surface area (Å²) in [5.41, 5.74) is 3.16. The van der Waals surface area contributed by atoms with Gasteiger partial charge in [0, 0.05) is 25.4 Å². The number of hydrazine groups is 1. The lowest BCUT2D eigenvalue weighted by molar-refractivity contribution is 0.0193. The van der Waals surface area contributed by atoms with Crippen LogP contribution in [0.25, 0.3) is 0 Å². The molecule has 0 saturated carbocycles. The Morgan fingerprint density at radius 3 is 2.71 bits per heavy atom. The third-order valence-corrected chi connectivity index (χ3v) is 5.44. The maximum atomic E-state index is 12.6. The molecule has 1 aliphatic heterocycles. The predicted molar refractivity (Wildman–Crippen MR) is 82.3 cm³/mol. The second-order valence-corrected chi connectivity index (χ2v) is 7.10. The van der Waals surface area contributed by atoms with Crippen molar-refractivity contribution in [3.8, 4) is 0 Å². The van der Waals surface area contributed by atoms with E-state index in [0.29, 0.717) is 25.4 Å². The number of nitrogens with one attached hydrogen (secondary N) is 1. The molecule has 0 aliphatic carbocycles. The Labute approximate surface area is 126 Å². The van der Waals surface area contributed by atoms with Gasteiger partial charge in [0.1, 0.15) is 0 Å². The average molecular weight is 313 g/mol. The lowest BCUT2D eigenvalue weighted by Gasteiger charge is -2.31. The van der Waals surface area contributed by atoms with Crippen LogP contribution in [0.15, 0.2) is 29.2 Å². The molecule has 0 aromatic heterocycles. The first kappa shape index (κ1) is 16.2. The summed E-state index contributed by atoms with van der Waals surface area (Å²) in [6.45, 7) is 3.70. The number of nitrogens with zero attached hydrogens (tertiary/aromatic N) is 1. The molecule has 118 valence electrons. The Morgan fingerprint density at radius 1 is 1.38 bits per heavy atom. The Morgan fingerprint density at radius 2 is 2.10 bits per heavy atom. The molecule has 7 heteroatoms. The molecule has 0 amide bonds. The van der Waals surface area contributed by atoms with Gasteiger partial charge in [-0.3, -0.25) is 5.84 Å². The summed E-state index contributed by atoms with van der Waals surface area (Å²) >= 11 is 0. The van der Waals surface area contributed by atoms with E-state index in [1.165, 1.54) is 4.31 Å². The van der Waals surface area contributed by atoms with E-state index in [1.54, 1.807) is 24.3 Å². The minimum Gasteiger partial charge on any atom is -0.377 e. The second kappa shape index (κ2) is 7.22. The zero-order valence-electron chi connectivity index (χ0n) is 12.3. The van der Waals surface area contributed by atoms with Crippen molar-refractivity contribution in [2.75, 3.05) is 25.1 Å². The van der Waals surface area contributed by atoms with Gasteiger partial charge in [-0.25, -0.2) is 8.42 Å². The molecule has 0 radical (unpaired) electrons. The molecule has 21 heavy (non-hydrogen) atoms. The molecule has 1 atom stereocenters. The molecule has 2 rings (SSSR count). The number of hydrogen-bond donors (Lipinski definition) is 2. The fraction of sp³-hybridized carbons (Fsp3) is 0.571. The topological polar surface area (TPSA) is 84.7 Å². The minimum absolute atomic E-state index is 0.00143. The van der Waals surface area contributed by atoms with Crippen LogP contribution in [0.3, 0.4) is 0 Å². The Bertz CT molecular complexity index is 545. The third-order valence-electron chi connectivity index (χ3n) is 3.56. The van der Waals surface area contributed by atoms with Gasteiger partial charge >= 0.3 is 0 Å². The number of piperidine rings is 1. The summed E-state index contributed by atoms with van der Waals surface area (Å²) in [6, 6.07) is 6.45. The van der Waals surface area contributed by atoms with Gasteiger partial charge in [-0.15, -0.1) is 0 Å². The van der Waals surface area contributed by atoms with Crippen molar-refractivity contribution >= 4 is 15.7 Å². The molecule has 1 aliphatic rings. The molecular formula is C14H23N3O3S. The SMILES string of the molecule is CCCOC1CCCN(S(=O)(=O)c2ccc(NN)cc2)C1. The fourth-order valence-electron chi connectivity index (χ4n) is 2.42. The number of nitrogens with two attached hydrogens (primary N) is 1. The summed E-state index contributed by atoms with van der Waals surface area (Å²) in [5.74, 6) is 5.29. The van der Waals surface area contributed by atoms with Gasteiger partial charge < -0.3 is 10.2 Å². The smallest absolute Gasteiger partial charge is 0.243 e. The van der Waals surface area contributed by atoms with Crippen LogP contribution in [0.2, 0.25) is 0 Å². The highest BCUT2D eigenvalue weighted by Crippen LogP contribution is 2.23. The Balaban J connectivity index is 2.10. The van der Waals surface area contributed by atoms with E-state index in [9.17, 15) is 8.42 Å². The largest absolute Gasteiger partial charge is 0.377 e. The quantitative estimate of drug-likeness (QED) is 0.615. The van der Waals surface area contributed by atoms with Crippen molar-refractivity contribution < 1.29 is 13.2 Å². The molecule has 0 spiro atoms. The normalized spacial score (nSPS) is 20.4. The standard InChI is InChI=1S/C14H23N3O3S/c1-2-10-20-13-4-3-9-17(11-13)21(18,19)14-7-5-12(16-15)6-8-14/h5-8,13,16H,2-4,9-11,15H2,1H3. The van der Waals surface area contributed by atoms with Crippen molar-refractivity contribution in [2.24, 2.45) is 5.84 Å². The first-order chi connectivity index (χ1) is 10.1. The zero-order chi connectivity index (χ0) is 15.3. The number of benzene rings is 1. The molecule has 1 unspecified atom stereocenters. The van der Waals surface area contributed by atoms with Crippen LogP contribution in [-0.2, 0) is 14.8 Å². The van der Waals surface area contributed by atoms with Crippen LogP contribution in [0.5, 0.6) is 0 Å². The van der Waals surface area contributed by atoms with E-state index in [-0.39, 0.29) is 11.0 Å². The molecule has 1 saturated heterocycles. The molecule has 1 heterocycles. The maximum absolute atomic E-state index is 12.6. The fourth-order valence-corrected chi connectivity index (χ4v) is 3.93. The van der Waals surface area contributed by atoms with Gasteiger partial charge in [0.15, 0.2) is 0 Å². The molecule has 1 fully saturated rings. The highest BCUT2D eigenvalue weighted by molar-refractivity contribution is 7.89. The summed E-state index contributed by atoms with van der Waals surface area (Å²) < 4.78 is 32.5. The number of sulfonamides is 1. The van der Waals surface area contributed by atoms with Crippen LogP contribution in [0.4, 0.5) is 5.69 Å². The van der Waals surface area contributed by atoms with E-state index in [2.05, 4.69) is 5.43 Å². The summed E-state index contributed by atoms with van der Waals surface area (Å²) in [6.07, 6.45) is 2.69. The first-order valence-corrected chi connectivity index (χ1v) is 8.70. The Kier molecular flexibility index (Phi) is 5.58. The number of rotatable bonds is 6. The Hall–Kier alpha value is -1.15. The lowest BCUT2D eigenvalue weighted by atomic mass is 10.1. The van der Waals surface area contributed by atoms with Crippen LogP contribution >= 0.6 is 0 Å². The van der Waals surface area contributed by atoms with Crippen molar-refractivity contribution in [1.82, 2.24) is 4.31 Å². The summed E-state index contributed by atoms with van der Waals surface area (Å²) in [7, 11) is -3.46. The van der Waals surface area contributed by atoms with Gasteiger partial charge in [-0.2, -0.15) is 4.31 Å². The van der Waals surface area contributed by atoms with Crippen LogP contribution in [-0.4, -0.2) is 38.5 Å². The molecule has 3 N–H and O–H groups in total. The van der Waals surface area contributed by atoms with Gasteiger partial charge in [0.25, 0.3) is 0 Å². The highest BCUT2D eigenvalue weighted by Gasteiger charge is 2.30. The average Bonchev–Trinajstić information content (AvgIpc) is 2.53. The predicted octanol–water partition coefficient (Wildman–Crippen LogP) is 1.55. The number of ether oxygens (including phenoxy) is 1. The lowest BCUT2D eigenvalue weighted by Crippen LogP contribution is -2.43. The molecule has 1 aromatic carbocycles.